The first-order valence-corrected chi connectivity index (χ1v) is 7.45. The largest absolute Gasteiger partial charge is 0.350 e. The van der Waals surface area contributed by atoms with Gasteiger partial charge in [0.1, 0.15) is 5.69 Å². The fourth-order valence-corrected chi connectivity index (χ4v) is 2.17. The number of fused-ring (bicyclic) bond motifs is 1. The molecule has 25 heavy (non-hydrogen) atoms. The van der Waals surface area contributed by atoms with Crippen LogP contribution in [0.5, 0.6) is 0 Å². The zero-order valence-corrected chi connectivity index (χ0v) is 13.0. The van der Waals surface area contributed by atoms with E-state index in [2.05, 4.69) is 30.6 Å². The highest BCUT2D eigenvalue weighted by molar-refractivity contribution is 5.95. The molecular weight excluding hydrogens is 324 g/mol. The second-order valence-electron chi connectivity index (χ2n) is 5.11. The fourth-order valence-electron chi connectivity index (χ4n) is 2.17. The summed E-state index contributed by atoms with van der Waals surface area (Å²) in [6.45, 7) is 0.150. The van der Waals surface area contributed by atoms with Gasteiger partial charge >= 0.3 is 0 Å². The smallest absolute Gasteiger partial charge is 0.271 e. The van der Waals surface area contributed by atoms with Crippen LogP contribution >= 0.6 is 0 Å². The van der Waals surface area contributed by atoms with E-state index >= 15 is 0 Å². The van der Waals surface area contributed by atoms with E-state index in [9.17, 15) is 14.4 Å². The van der Waals surface area contributed by atoms with Gasteiger partial charge in [-0.25, -0.2) is 9.97 Å². The average molecular weight is 338 g/mol. The van der Waals surface area contributed by atoms with Crippen molar-refractivity contribution in [3.8, 4) is 0 Å². The standard InChI is InChI=1S/C16H14N6O3/c23-14(3-4-19-16(25)13-8-17-5-6-18-13)22-10-1-2-12-11(7-10)15(24)21-9-20-12/h1-2,5-9H,3-4H2,(H,19,25)(H,22,23)(H,20,21,24). The van der Waals surface area contributed by atoms with Crippen LogP contribution in [0.15, 0.2) is 47.9 Å². The fraction of sp³-hybridized carbons (Fsp3) is 0.125. The number of aromatic nitrogens is 4. The average Bonchev–Trinajstić information content (AvgIpc) is 2.63. The van der Waals surface area contributed by atoms with Gasteiger partial charge in [-0.15, -0.1) is 0 Å². The van der Waals surface area contributed by atoms with Gasteiger partial charge in [0, 0.05) is 31.0 Å². The van der Waals surface area contributed by atoms with Crippen molar-refractivity contribution < 1.29 is 9.59 Å². The molecule has 2 heterocycles. The molecule has 0 aliphatic carbocycles. The van der Waals surface area contributed by atoms with Gasteiger partial charge in [-0.2, -0.15) is 0 Å². The van der Waals surface area contributed by atoms with E-state index in [4.69, 9.17) is 0 Å². The first kappa shape index (κ1) is 16.2. The summed E-state index contributed by atoms with van der Waals surface area (Å²) in [5.74, 6) is -0.691. The van der Waals surface area contributed by atoms with E-state index in [-0.39, 0.29) is 30.1 Å². The maximum absolute atomic E-state index is 12.0. The topological polar surface area (TPSA) is 130 Å². The number of carbonyl (C=O) groups excluding carboxylic acids is 2. The molecule has 3 aromatic rings. The van der Waals surface area contributed by atoms with Crippen LogP contribution in [0.4, 0.5) is 5.69 Å². The van der Waals surface area contributed by atoms with Crippen LogP contribution in [0.2, 0.25) is 0 Å². The zero-order chi connectivity index (χ0) is 17.6. The molecule has 9 nitrogen and oxygen atoms in total. The Hall–Kier alpha value is -3.62. The summed E-state index contributed by atoms with van der Waals surface area (Å²) < 4.78 is 0. The molecule has 0 spiro atoms. The Labute approximate surface area is 141 Å². The zero-order valence-electron chi connectivity index (χ0n) is 13.0. The first-order valence-electron chi connectivity index (χ1n) is 7.45. The lowest BCUT2D eigenvalue weighted by molar-refractivity contribution is -0.116. The lowest BCUT2D eigenvalue weighted by atomic mass is 10.2. The molecule has 1 aromatic carbocycles. The Morgan fingerprint density at radius 1 is 1.16 bits per heavy atom. The SMILES string of the molecule is O=C(CCNC(=O)c1cnccn1)Nc1ccc2nc[nH]c(=O)c2c1. The molecule has 0 radical (unpaired) electrons. The second kappa shape index (κ2) is 7.30. The number of anilines is 1. The number of amides is 2. The molecule has 0 saturated carbocycles. The number of benzene rings is 1. The molecular formula is C16H14N6O3. The summed E-state index contributed by atoms with van der Waals surface area (Å²) in [7, 11) is 0. The van der Waals surface area contributed by atoms with Crippen LogP contribution in [0, 0.1) is 0 Å². The molecule has 0 atom stereocenters. The summed E-state index contributed by atoms with van der Waals surface area (Å²) in [6, 6.07) is 4.86. The number of rotatable bonds is 5. The van der Waals surface area contributed by atoms with Crippen LogP contribution in [0.3, 0.4) is 0 Å². The third-order valence-electron chi connectivity index (χ3n) is 3.36. The van der Waals surface area contributed by atoms with Crippen molar-refractivity contribution in [2.45, 2.75) is 6.42 Å². The number of nitrogens with one attached hydrogen (secondary N) is 3. The minimum atomic E-state index is -0.399. The van der Waals surface area contributed by atoms with Crippen LogP contribution in [0.25, 0.3) is 10.9 Å². The highest BCUT2D eigenvalue weighted by Crippen LogP contribution is 2.13. The van der Waals surface area contributed by atoms with Gasteiger partial charge in [0.2, 0.25) is 5.91 Å². The van der Waals surface area contributed by atoms with Crippen LogP contribution < -0.4 is 16.2 Å². The van der Waals surface area contributed by atoms with Crippen molar-refractivity contribution in [3.05, 3.63) is 59.2 Å². The molecule has 0 aliphatic rings. The van der Waals surface area contributed by atoms with Crippen molar-refractivity contribution >= 4 is 28.4 Å². The van der Waals surface area contributed by atoms with Gasteiger partial charge in [0.25, 0.3) is 11.5 Å². The van der Waals surface area contributed by atoms with E-state index < -0.39 is 5.91 Å². The maximum Gasteiger partial charge on any atom is 0.271 e. The van der Waals surface area contributed by atoms with Crippen LogP contribution in [-0.4, -0.2) is 38.3 Å². The summed E-state index contributed by atoms with van der Waals surface area (Å²) in [4.78, 5) is 49.7. The molecule has 2 aromatic heterocycles. The number of H-pyrrole nitrogens is 1. The van der Waals surface area contributed by atoms with Crippen molar-refractivity contribution in [1.29, 1.82) is 0 Å². The lowest BCUT2D eigenvalue weighted by Crippen LogP contribution is -2.28. The number of aromatic amines is 1. The molecule has 0 unspecified atom stereocenters. The van der Waals surface area contributed by atoms with E-state index in [0.29, 0.717) is 16.6 Å². The second-order valence-corrected chi connectivity index (χ2v) is 5.11. The Balaban J connectivity index is 1.55. The summed E-state index contributed by atoms with van der Waals surface area (Å²) in [6.07, 6.45) is 5.62. The Morgan fingerprint density at radius 3 is 2.84 bits per heavy atom. The number of nitrogens with zero attached hydrogens (tertiary/aromatic N) is 3. The highest BCUT2D eigenvalue weighted by Gasteiger charge is 2.09. The number of hydrogen-bond donors (Lipinski definition) is 3. The Kier molecular flexibility index (Phi) is 4.74. The number of carbonyl (C=O) groups is 2. The van der Waals surface area contributed by atoms with Crippen molar-refractivity contribution in [2.75, 3.05) is 11.9 Å². The monoisotopic (exact) mass is 338 g/mol. The summed E-state index contributed by atoms with van der Waals surface area (Å²) in [5.41, 5.74) is 0.927. The third kappa shape index (κ3) is 4.02. The molecule has 0 saturated heterocycles. The number of hydrogen-bond acceptors (Lipinski definition) is 6. The molecule has 9 heteroatoms. The Bertz CT molecular complexity index is 970. The van der Waals surface area contributed by atoms with Crippen LogP contribution in [0.1, 0.15) is 16.9 Å². The predicted octanol–water partition coefficient (Wildman–Crippen LogP) is 0.472. The summed E-state index contributed by atoms with van der Waals surface area (Å²) >= 11 is 0. The van der Waals surface area contributed by atoms with Crippen molar-refractivity contribution in [2.24, 2.45) is 0 Å². The van der Waals surface area contributed by atoms with E-state index in [1.165, 1.54) is 24.9 Å². The van der Waals surface area contributed by atoms with Crippen molar-refractivity contribution in [3.63, 3.8) is 0 Å². The van der Waals surface area contributed by atoms with Crippen LogP contribution in [-0.2, 0) is 4.79 Å². The summed E-state index contributed by atoms with van der Waals surface area (Å²) in [5, 5.41) is 5.65. The minimum absolute atomic E-state index is 0.0768. The Morgan fingerprint density at radius 2 is 2.04 bits per heavy atom. The van der Waals surface area contributed by atoms with Crippen molar-refractivity contribution in [1.82, 2.24) is 25.3 Å². The molecule has 126 valence electrons. The van der Waals surface area contributed by atoms with Gasteiger partial charge in [-0.05, 0) is 18.2 Å². The molecule has 0 fully saturated rings. The molecule has 0 aliphatic heterocycles. The van der Waals surface area contributed by atoms with E-state index in [1.807, 2.05) is 0 Å². The third-order valence-corrected chi connectivity index (χ3v) is 3.36. The van der Waals surface area contributed by atoms with Gasteiger partial charge < -0.3 is 15.6 Å². The quantitative estimate of drug-likeness (QED) is 0.620. The molecule has 3 rings (SSSR count). The molecule has 0 bridgehead atoms. The van der Waals surface area contributed by atoms with Gasteiger partial charge in [-0.1, -0.05) is 0 Å². The predicted molar refractivity (Wildman–Crippen MR) is 90.0 cm³/mol. The van der Waals surface area contributed by atoms with Gasteiger partial charge in [0.05, 0.1) is 23.4 Å². The highest BCUT2D eigenvalue weighted by atomic mass is 16.2. The van der Waals surface area contributed by atoms with Gasteiger partial charge in [0.15, 0.2) is 0 Å². The normalized spacial score (nSPS) is 10.4. The minimum Gasteiger partial charge on any atom is -0.350 e. The molecule has 2 amide bonds. The van der Waals surface area contributed by atoms with E-state index in [1.54, 1.807) is 18.2 Å². The van der Waals surface area contributed by atoms with E-state index in [0.717, 1.165) is 0 Å². The lowest BCUT2D eigenvalue weighted by Gasteiger charge is -2.07. The molecule has 3 N–H and O–H groups in total. The first-order chi connectivity index (χ1) is 12.1. The van der Waals surface area contributed by atoms with Gasteiger partial charge in [-0.3, -0.25) is 19.4 Å². The maximum atomic E-state index is 12.0.